The lowest BCUT2D eigenvalue weighted by Gasteiger charge is -2.11. The lowest BCUT2D eigenvalue weighted by atomic mass is 10.2. The van der Waals surface area contributed by atoms with Gasteiger partial charge >= 0.3 is 0 Å². The van der Waals surface area contributed by atoms with Crippen molar-refractivity contribution in [2.45, 2.75) is 32.7 Å². The van der Waals surface area contributed by atoms with E-state index >= 15 is 0 Å². The first kappa shape index (κ1) is 19.2. The monoisotopic (exact) mass is 380 g/mol. The normalized spacial score (nSPS) is 11.6. The molecule has 2 rings (SSSR count). The largest absolute Gasteiger partial charge is 0.354 e. The van der Waals surface area contributed by atoms with Gasteiger partial charge in [-0.1, -0.05) is 30.7 Å². The number of nitrogens with one attached hydrogen (secondary N) is 3. The molecule has 0 saturated carbocycles. The second-order valence-corrected chi connectivity index (χ2v) is 6.79. The fraction of sp³-hybridized carbons (Fsp3) is 0.353. The van der Waals surface area contributed by atoms with E-state index in [1.165, 1.54) is 11.3 Å². The Kier molecular flexibility index (Phi) is 7.21. The number of rotatable bonds is 8. The van der Waals surface area contributed by atoms with Crippen molar-refractivity contribution in [3.8, 4) is 0 Å². The first-order chi connectivity index (χ1) is 12.0. The Balaban J connectivity index is 1.82. The van der Waals surface area contributed by atoms with E-state index in [2.05, 4.69) is 20.9 Å². The number of carbonyl (C=O) groups excluding carboxylic acids is 2. The van der Waals surface area contributed by atoms with Gasteiger partial charge in [0.05, 0.1) is 10.7 Å². The highest BCUT2D eigenvalue weighted by Gasteiger charge is 2.12. The minimum Gasteiger partial charge on any atom is -0.354 e. The number of aromatic nitrogens is 1. The molecule has 2 aromatic rings. The summed E-state index contributed by atoms with van der Waals surface area (Å²) >= 11 is 7.40. The van der Waals surface area contributed by atoms with Crippen LogP contribution in [0.2, 0.25) is 5.02 Å². The van der Waals surface area contributed by atoms with E-state index in [1.807, 2.05) is 32.0 Å². The molecule has 1 heterocycles. The molecule has 1 aromatic heterocycles. The predicted molar refractivity (Wildman–Crippen MR) is 102 cm³/mol. The van der Waals surface area contributed by atoms with Crippen LogP contribution in [0.3, 0.4) is 0 Å². The molecule has 25 heavy (non-hydrogen) atoms. The van der Waals surface area contributed by atoms with Crippen molar-refractivity contribution in [2.75, 3.05) is 11.9 Å². The Morgan fingerprint density at radius 1 is 1.32 bits per heavy atom. The van der Waals surface area contributed by atoms with Gasteiger partial charge in [0.15, 0.2) is 5.13 Å². The maximum atomic E-state index is 12.1. The number of amides is 2. The van der Waals surface area contributed by atoms with Gasteiger partial charge < -0.3 is 16.0 Å². The Morgan fingerprint density at radius 3 is 2.80 bits per heavy atom. The second kappa shape index (κ2) is 9.39. The molecule has 0 aliphatic rings. The minimum absolute atomic E-state index is 0.0750. The Labute approximate surface area is 156 Å². The zero-order chi connectivity index (χ0) is 18.2. The number of anilines is 2. The standard InChI is InChI=1S/C17H21ClN4O2S/c1-3-11(2)20-15(23)8-9-19-16(24)14-10-25-17(22-14)21-13-7-5-4-6-12(13)18/h4-7,10-11H,3,8-9H2,1-2H3,(H,19,24)(H,20,23)(H,21,22)/t11-/m1/s1. The number of nitrogens with zero attached hydrogens (tertiary/aromatic N) is 1. The number of hydrogen-bond acceptors (Lipinski definition) is 5. The van der Waals surface area contributed by atoms with Gasteiger partial charge in [-0.2, -0.15) is 0 Å². The fourth-order valence-corrected chi connectivity index (χ4v) is 2.83. The SMILES string of the molecule is CC[C@@H](C)NC(=O)CCNC(=O)c1csc(Nc2ccccc2Cl)n1. The van der Waals surface area contributed by atoms with Crippen LogP contribution in [-0.4, -0.2) is 29.4 Å². The van der Waals surface area contributed by atoms with Gasteiger partial charge in [0.25, 0.3) is 5.91 Å². The third kappa shape index (κ3) is 6.03. The molecule has 0 spiro atoms. The average molecular weight is 381 g/mol. The highest BCUT2D eigenvalue weighted by molar-refractivity contribution is 7.14. The van der Waals surface area contributed by atoms with Crippen molar-refractivity contribution >= 4 is 45.6 Å². The summed E-state index contributed by atoms with van der Waals surface area (Å²) < 4.78 is 0. The maximum absolute atomic E-state index is 12.1. The van der Waals surface area contributed by atoms with Crippen LogP contribution >= 0.6 is 22.9 Å². The lowest BCUT2D eigenvalue weighted by molar-refractivity contribution is -0.121. The maximum Gasteiger partial charge on any atom is 0.270 e. The lowest BCUT2D eigenvalue weighted by Crippen LogP contribution is -2.35. The summed E-state index contributed by atoms with van der Waals surface area (Å²) in [5.41, 5.74) is 1.04. The van der Waals surface area contributed by atoms with Crippen LogP contribution in [0.5, 0.6) is 0 Å². The number of para-hydroxylation sites is 1. The predicted octanol–water partition coefficient (Wildman–Crippen LogP) is 3.57. The molecule has 0 fully saturated rings. The van der Waals surface area contributed by atoms with E-state index in [9.17, 15) is 9.59 Å². The van der Waals surface area contributed by atoms with E-state index < -0.39 is 0 Å². The van der Waals surface area contributed by atoms with Gasteiger partial charge in [0.1, 0.15) is 5.69 Å². The molecule has 6 nitrogen and oxygen atoms in total. The van der Waals surface area contributed by atoms with Gasteiger partial charge in [0.2, 0.25) is 5.91 Å². The summed E-state index contributed by atoms with van der Waals surface area (Å²) in [6, 6.07) is 7.45. The van der Waals surface area contributed by atoms with Crippen LogP contribution in [0, 0.1) is 0 Å². The fourth-order valence-electron chi connectivity index (χ4n) is 1.94. The van der Waals surface area contributed by atoms with Gasteiger partial charge in [-0.15, -0.1) is 11.3 Å². The topological polar surface area (TPSA) is 83.1 Å². The number of hydrogen-bond donors (Lipinski definition) is 3. The molecule has 0 aliphatic carbocycles. The zero-order valence-electron chi connectivity index (χ0n) is 14.1. The average Bonchev–Trinajstić information content (AvgIpc) is 3.05. The summed E-state index contributed by atoms with van der Waals surface area (Å²) in [6.45, 7) is 4.22. The number of benzene rings is 1. The molecule has 1 atom stereocenters. The van der Waals surface area contributed by atoms with Crippen molar-refractivity contribution < 1.29 is 9.59 Å². The van der Waals surface area contributed by atoms with E-state index in [-0.39, 0.29) is 30.8 Å². The smallest absolute Gasteiger partial charge is 0.270 e. The molecule has 134 valence electrons. The summed E-state index contributed by atoms with van der Waals surface area (Å²) in [5.74, 6) is -0.381. The Morgan fingerprint density at radius 2 is 2.08 bits per heavy atom. The van der Waals surface area contributed by atoms with Crippen LogP contribution in [0.4, 0.5) is 10.8 Å². The summed E-state index contributed by atoms with van der Waals surface area (Å²) in [5, 5.41) is 11.5. The first-order valence-electron chi connectivity index (χ1n) is 8.04. The third-order valence-electron chi connectivity index (χ3n) is 3.51. The van der Waals surface area contributed by atoms with Gasteiger partial charge in [-0.05, 0) is 25.5 Å². The highest BCUT2D eigenvalue weighted by atomic mass is 35.5. The number of halogens is 1. The molecule has 0 unspecified atom stereocenters. The van der Waals surface area contributed by atoms with Crippen molar-refractivity contribution in [3.05, 3.63) is 40.4 Å². The molecule has 0 bridgehead atoms. The zero-order valence-corrected chi connectivity index (χ0v) is 15.7. The molecule has 0 radical (unpaired) electrons. The van der Waals surface area contributed by atoms with Gasteiger partial charge in [0, 0.05) is 24.4 Å². The molecule has 2 amide bonds. The van der Waals surface area contributed by atoms with Crippen LogP contribution < -0.4 is 16.0 Å². The van der Waals surface area contributed by atoms with Crippen LogP contribution in [-0.2, 0) is 4.79 Å². The van der Waals surface area contributed by atoms with E-state index in [1.54, 1.807) is 11.4 Å². The molecule has 8 heteroatoms. The van der Waals surface area contributed by atoms with Gasteiger partial charge in [-0.25, -0.2) is 4.98 Å². The quantitative estimate of drug-likeness (QED) is 0.653. The molecule has 0 aliphatic heterocycles. The van der Waals surface area contributed by atoms with Crippen molar-refractivity contribution in [3.63, 3.8) is 0 Å². The van der Waals surface area contributed by atoms with Crippen molar-refractivity contribution in [1.29, 1.82) is 0 Å². The summed E-state index contributed by atoms with van der Waals surface area (Å²) in [4.78, 5) is 28.0. The van der Waals surface area contributed by atoms with E-state index in [0.717, 1.165) is 12.1 Å². The van der Waals surface area contributed by atoms with E-state index in [4.69, 9.17) is 11.6 Å². The van der Waals surface area contributed by atoms with Crippen molar-refractivity contribution in [2.24, 2.45) is 0 Å². The highest BCUT2D eigenvalue weighted by Crippen LogP contribution is 2.26. The summed E-state index contributed by atoms with van der Waals surface area (Å²) in [6.07, 6.45) is 1.11. The second-order valence-electron chi connectivity index (χ2n) is 5.53. The van der Waals surface area contributed by atoms with Gasteiger partial charge in [-0.3, -0.25) is 9.59 Å². The van der Waals surface area contributed by atoms with Crippen molar-refractivity contribution in [1.82, 2.24) is 15.6 Å². The summed E-state index contributed by atoms with van der Waals surface area (Å²) in [7, 11) is 0. The molecule has 3 N–H and O–H groups in total. The first-order valence-corrected chi connectivity index (χ1v) is 9.30. The van der Waals surface area contributed by atoms with E-state index in [0.29, 0.717) is 15.8 Å². The molecule has 0 saturated heterocycles. The number of carbonyl (C=O) groups is 2. The van der Waals surface area contributed by atoms with Crippen LogP contribution in [0.1, 0.15) is 37.2 Å². The molecular weight excluding hydrogens is 360 g/mol. The Bertz CT molecular complexity index is 735. The number of thiazole rings is 1. The Hall–Kier alpha value is -2.12. The minimum atomic E-state index is -0.306. The van der Waals surface area contributed by atoms with Crippen LogP contribution in [0.25, 0.3) is 0 Å². The molecular formula is C17H21ClN4O2S. The third-order valence-corrected chi connectivity index (χ3v) is 4.60. The van der Waals surface area contributed by atoms with Crippen LogP contribution in [0.15, 0.2) is 29.6 Å². The molecule has 1 aromatic carbocycles.